The molecular formula is C7H17NO2. The first-order valence-electron chi connectivity index (χ1n) is 3.82. The summed E-state index contributed by atoms with van der Waals surface area (Å²) in [5, 5.41) is 18.9. The number of hydrogen-bond acceptors (Lipinski definition) is 3. The summed E-state index contributed by atoms with van der Waals surface area (Å²) in [4.78, 5) is 0. The van der Waals surface area contributed by atoms with Crippen molar-refractivity contribution in [2.45, 2.75) is 32.7 Å². The van der Waals surface area contributed by atoms with Crippen molar-refractivity contribution in [1.82, 2.24) is 5.06 Å². The summed E-state index contributed by atoms with van der Waals surface area (Å²) in [6.07, 6.45) is 1.85. The SMILES string of the molecule is CCC(CC)N(O)CCO. The third kappa shape index (κ3) is 3.15. The number of hydrogen-bond donors (Lipinski definition) is 2. The Bertz CT molecular complexity index is 74.0. The molecule has 0 radical (unpaired) electrons. The Hall–Kier alpha value is -0.120. The highest BCUT2D eigenvalue weighted by atomic mass is 16.5. The van der Waals surface area contributed by atoms with Gasteiger partial charge in [-0.15, -0.1) is 0 Å². The van der Waals surface area contributed by atoms with Gasteiger partial charge in [-0.1, -0.05) is 13.8 Å². The Morgan fingerprint density at radius 3 is 2.10 bits per heavy atom. The average Bonchev–Trinajstić information content (AvgIpc) is 1.91. The van der Waals surface area contributed by atoms with Crippen molar-refractivity contribution in [3.05, 3.63) is 0 Å². The van der Waals surface area contributed by atoms with Crippen molar-refractivity contribution in [2.75, 3.05) is 13.2 Å². The molecule has 0 fully saturated rings. The van der Waals surface area contributed by atoms with Crippen LogP contribution in [0.1, 0.15) is 26.7 Å². The number of aliphatic hydroxyl groups excluding tert-OH is 1. The van der Waals surface area contributed by atoms with E-state index in [0.29, 0.717) is 6.54 Å². The Morgan fingerprint density at radius 2 is 1.80 bits per heavy atom. The molecule has 0 spiro atoms. The molecule has 0 aromatic heterocycles. The fourth-order valence-corrected chi connectivity index (χ4v) is 0.995. The first kappa shape index (κ1) is 9.88. The summed E-state index contributed by atoms with van der Waals surface area (Å²) in [5.41, 5.74) is 0. The van der Waals surface area contributed by atoms with E-state index in [9.17, 15) is 5.21 Å². The van der Waals surface area contributed by atoms with Gasteiger partial charge >= 0.3 is 0 Å². The van der Waals surface area contributed by atoms with Gasteiger partial charge in [0.05, 0.1) is 6.61 Å². The monoisotopic (exact) mass is 147 g/mol. The predicted molar refractivity (Wildman–Crippen MR) is 39.9 cm³/mol. The minimum absolute atomic E-state index is 0.0208. The molecule has 0 aliphatic heterocycles. The van der Waals surface area contributed by atoms with E-state index >= 15 is 0 Å². The first-order chi connectivity index (χ1) is 4.76. The van der Waals surface area contributed by atoms with E-state index in [1.807, 2.05) is 13.8 Å². The predicted octanol–water partition coefficient (Wildman–Crippen LogP) is 0.859. The summed E-state index contributed by atoms with van der Waals surface area (Å²) in [5.74, 6) is 0. The van der Waals surface area contributed by atoms with E-state index in [1.165, 1.54) is 5.06 Å². The van der Waals surface area contributed by atoms with Crippen LogP contribution in [0.2, 0.25) is 0 Å². The van der Waals surface area contributed by atoms with Crippen LogP contribution >= 0.6 is 0 Å². The molecule has 10 heavy (non-hydrogen) atoms. The van der Waals surface area contributed by atoms with Gasteiger partial charge in [0.15, 0.2) is 0 Å². The molecule has 0 aromatic rings. The molecule has 0 amide bonds. The lowest BCUT2D eigenvalue weighted by atomic mass is 10.2. The second-order valence-corrected chi connectivity index (χ2v) is 2.36. The van der Waals surface area contributed by atoms with E-state index < -0.39 is 0 Å². The van der Waals surface area contributed by atoms with Gasteiger partial charge in [0.2, 0.25) is 0 Å². The fraction of sp³-hybridized carbons (Fsp3) is 1.00. The molecule has 0 bridgehead atoms. The second-order valence-electron chi connectivity index (χ2n) is 2.36. The molecule has 2 N–H and O–H groups in total. The van der Waals surface area contributed by atoms with E-state index in [1.54, 1.807) is 0 Å². The zero-order chi connectivity index (χ0) is 7.98. The van der Waals surface area contributed by atoms with E-state index in [2.05, 4.69) is 0 Å². The first-order valence-corrected chi connectivity index (χ1v) is 3.82. The quantitative estimate of drug-likeness (QED) is 0.567. The van der Waals surface area contributed by atoms with Crippen LogP contribution in [0.25, 0.3) is 0 Å². The summed E-state index contributed by atoms with van der Waals surface area (Å²) in [6, 6.07) is 0.201. The van der Waals surface area contributed by atoms with Crippen molar-refractivity contribution < 1.29 is 10.3 Å². The van der Waals surface area contributed by atoms with Gasteiger partial charge in [-0.05, 0) is 12.8 Å². The molecule has 0 saturated heterocycles. The number of rotatable bonds is 5. The molecule has 0 aliphatic carbocycles. The lowest BCUT2D eigenvalue weighted by Crippen LogP contribution is -2.33. The average molecular weight is 147 g/mol. The Labute approximate surface area is 62.2 Å². The van der Waals surface area contributed by atoms with E-state index in [-0.39, 0.29) is 12.6 Å². The van der Waals surface area contributed by atoms with Crippen LogP contribution in [0.4, 0.5) is 0 Å². The minimum atomic E-state index is 0.0208. The minimum Gasteiger partial charge on any atom is -0.395 e. The Balaban J connectivity index is 3.53. The van der Waals surface area contributed by atoms with E-state index in [0.717, 1.165) is 12.8 Å². The van der Waals surface area contributed by atoms with Gasteiger partial charge in [0.1, 0.15) is 0 Å². The highest BCUT2D eigenvalue weighted by molar-refractivity contribution is 4.59. The van der Waals surface area contributed by atoms with Crippen molar-refractivity contribution in [1.29, 1.82) is 0 Å². The van der Waals surface area contributed by atoms with Crippen molar-refractivity contribution in [2.24, 2.45) is 0 Å². The second kappa shape index (κ2) is 5.65. The van der Waals surface area contributed by atoms with Crippen LogP contribution in [-0.2, 0) is 0 Å². The summed E-state index contributed by atoms with van der Waals surface area (Å²) < 4.78 is 0. The summed E-state index contributed by atoms with van der Waals surface area (Å²) in [7, 11) is 0. The van der Waals surface area contributed by atoms with Gasteiger partial charge in [-0.3, -0.25) is 0 Å². The molecule has 0 saturated carbocycles. The third-order valence-electron chi connectivity index (χ3n) is 1.69. The van der Waals surface area contributed by atoms with Crippen LogP contribution in [0.15, 0.2) is 0 Å². The van der Waals surface area contributed by atoms with Crippen molar-refractivity contribution in [3.8, 4) is 0 Å². The van der Waals surface area contributed by atoms with E-state index in [4.69, 9.17) is 5.11 Å². The zero-order valence-corrected chi connectivity index (χ0v) is 6.75. The van der Waals surface area contributed by atoms with Crippen LogP contribution in [0.3, 0.4) is 0 Å². The lowest BCUT2D eigenvalue weighted by Gasteiger charge is -2.22. The van der Waals surface area contributed by atoms with Crippen LogP contribution in [0.5, 0.6) is 0 Å². The van der Waals surface area contributed by atoms with Gasteiger partial charge < -0.3 is 10.3 Å². The molecule has 3 nitrogen and oxygen atoms in total. The molecule has 0 atom stereocenters. The normalized spacial score (nSPS) is 11.4. The number of aliphatic hydroxyl groups is 1. The molecule has 0 heterocycles. The topological polar surface area (TPSA) is 43.7 Å². The molecule has 0 aliphatic rings. The summed E-state index contributed by atoms with van der Waals surface area (Å²) >= 11 is 0. The fourth-order valence-electron chi connectivity index (χ4n) is 0.995. The Kier molecular flexibility index (Phi) is 5.58. The van der Waals surface area contributed by atoms with Crippen LogP contribution in [0, 0.1) is 0 Å². The highest BCUT2D eigenvalue weighted by Crippen LogP contribution is 2.03. The lowest BCUT2D eigenvalue weighted by molar-refractivity contribution is -0.134. The molecule has 0 rings (SSSR count). The summed E-state index contributed by atoms with van der Waals surface area (Å²) in [6.45, 7) is 4.42. The zero-order valence-electron chi connectivity index (χ0n) is 6.75. The largest absolute Gasteiger partial charge is 0.395 e. The van der Waals surface area contributed by atoms with Gasteiger partial charge in [0.25, 0.3) is 0 Å². The maximum absolute atomic E-state index is 9.18. The van der Waals surface area contributed by atoms with Crippen LogP contribution in [-0.4, -0.2) is 34.6 Å². The highest BCUT2D eigenvalue weighted by Gasteiger charge is 2.10. The smallest absolute Gasteiger partial charge is 0.0581 e. The standard InChI is InChI=1S/C7H17NO2/c1-3-7(4-2)8(10)5-6-9/h7,9-10H,3-6H2,1-2H3. The molecule has 0 unspecified atom stereocenters. The molecular weight excluding hydrogens is 130 g/mol. The third-order valence-corrected chi connectivity index (χ3v) is 1.69. The maximum atomic E-state index is 9.18. The van der Waals surface area contributed by atoms with Crippen LogP contribution < -0.4 is 0 Å². The van der Waals surface area contributed by atoms with Gasteiger partial charge in [-0.2, -0.15) is 5.06 Å². The number of nitrogens with zero attached hydrogens (tertiary/aromatic N) is 1. The van der Waals surface area contributed by atoms with Crippen molar-refractivity contribution in [3.63, 3.8) is 0 Å². The van der Waals surface area contributed by atoms with Crippen molar-refractivity contribution >= 4 is 0 Å². The Morgan fingerprint density at radius 1 is 1.30 bits per heavy atom. The number of hydroxylamine groups is 2. The van der Waals surface area contributed by atoms with Gasteiger partial charge in [0, 0.05) is 12.6 Å². The molecule has 62 valence electrons. The molecule has 3 heteroatoms. The maximum Gasteiger partial charge on any atom is 0.0581 e. The molecule has 0 aromatic carbocycles. The van der Waals surface area contributed by atoms with Gasteiger partial charge in [-0.25, -0.2) is 0 Å².